The van der Waals surface area contributed by atoms with E-state index in [1.54, 1.807) is 12.1 Å². The Hall–Kier alpha value is -2.40. The zero-order valence-electron chi connectivity index (χ0n) is 11.0. The smallest absolute Gasteiger partial charge is 0.269 e. The van der Waals surface area contributed by atoms with Crippen LogP contribution in [0.5, 0.6) is 5.75 Å². The molecule has 20 heavy (non-hydrogen) atoms. The van der Waals surface area contributed by atoms with E-state index in [-0.39, 0.29) is 5.69 Å². The van der Waals surface area contributed by atoms with Crippen molar-refractivity contribution in [1.29, 1.82) is 0 Å². The summed E-state index contributed by atoms with van der Waals surface area (Å²) < 4.78 is 5.75. The van der Waals surface area contributed by atoms with Crippen LogP contribution in [-0.2, 0) is 13.0 Å². The summed E-state index contributed by atoms with van der Waals surface area (Å²) in [4.78, 5) is 10.2. The predicted molar refractivity (Wildman–Crippen MR) is 76.6 cm³/mol. The number of nitro groups is 1. The van der Waals surface area contributed by atoms with Crippen molar-refractivity contribution in [3.8, 4) is 5.75 Å². The first-order valence-corrected chi connectivity index (χ1v) is 6.35. The average Bonchev–Trinajstić information content (AvgIpc) is 2.47. The number of benzene rings is 2. The summed E-state index contributed by atoms with van der Waals surface area (Å²) in [6, 6.07) is 14.1. The van der Waals surface area contributed by atoms with E-state index in [1.165, 1.54) is 12.1 Å². The van der Waals surface area contributed by atoms with Gasteiger partial charge in [0.15, 0.2) is 0 Å². The zero-order valence-corrected chi connectivity index (χ0v) is 11.0. The topological polar surface area (TPSA) is 78.4 Å². The molecule has 0 radical (unpaired) electrons. The zero-order chi connectivity index (χ0) is 14.4. The Kier molecular flexibility index (Phi) is 4.68. The molecule has 0 aliphatic carbocycles. The molecule has 2 aromatic carbocycles. The minimum atomic E-state index is -0.415. The second-order valence-corrected chi connectivity index (χ2v) is 4.36. The molecule has 0 bridgehead atoms. The highest BCUT2D eigenvalue weighted by molar-refractivity contribution is 5.35. The summed E-state index contributed by atoms with van der Waals surface area (Å²) in [5.74, 6) is 0.802. The summed E-state index contributed by atoms with van der Waals surface area (Å²) in [7, 11) is 0. The molecule has 0 fully saturated rings. The van der Waals surface area contributed by atoms with Gasteiger partial charge in [0.05, 0.1) is 4.92 Å². The van der Waals surface area contributed by atoms with Crippen LogP contribution in [0.4, 0.5) is 5.69 Å². The molecule has 5 heteroatoms. The fourth-order valence-corrected chi connectivity index (χ4v) is 1.88. The maximum Gasteiger partial charge on any atom is 0.269 e. The van der Waals surface area contributed by atoms with Crippen molar-refractivity contribution in [2.75, 3.05) is 6.54 Å². The van der Waals surface area contributed by atoms with Gasteiger partial charge < -0.3 is 10.5 Å². The Morgan fingerprint density at radius 1 is 1.10 bits per heavy atom. The minimum Gasteiger partial charge on any atom is -0.489 e. The first kappa shape index (κ1) is 14.0. The molecular weight excluding hydrogens is 256 g/mol. The van der Waals surface area contributed by atoms with Crippen LogP contribution in [0.25, 0.3) is 0 Å². The van der Waals surface area contributed by atoms with E-state index in [4.69, 9.17) is 10.5 Å². The lowest BCUT2D eigenvalue weighted by Crippen LogP contribution is -2.05. The summed E-state index contributed by atoms with van der Waals surface area (Å²) >= 11 is 0. The van der Waals surface area contributed by atoms with E-state index in [2.05, 4.69) is 0 Å². The van der Waals surface area contributed by atoms with Crippen LogP contribution in [0.15, 0.2) is 48.5 Å². The molecule has 0 aromatic heterocycles. The second-order valence-electron chi connectivity index (χ2n) is 4.36. The number of nitro benzene ring substituents is 1. The van der Waals surface area contributed by atoms with E-state index < -0.39 is 4.92 Å². The number of rotatable bonds is 6. The Morgan fingerprint density at radius 3 is 2.45 bits per heavy atom. The molecule has 2 rings (SSSR count). The van der Waals surface area contributed by atoms with Crippen LogP contribution in [0, 0.1) is 10.1 Å². The molecule has 0 saturated heterocycles. The molecule has 0 aliphatic rings. The van der Waals surface area contributed by atoms with Crippen LogP contribution in [0.1, 0.15) is 11.1 Å². The SMILES string of the molecule is NCCc1ccccc1OCc1ccc([N+](=O)[O-])cc1. The van der Waals surface area contributed by atoms with Gasteiger partial charge in [-0.2, -0.15) is 0 Å². The van der Waals surface area contributed by atoms with E-state index in [9.17, 15) is 10.1 Å². The minimum absolute atomic E-state index is 0.0808. The molecule has 104 valence electrons. The van der Waals surface area contributed by atoms with Gasteiger partial charge in [0.1, 0.15) is 12.4 Å². The number of nitrogens with two attached hydrogens (primary N) is 1. The van der Waals surface area contributed by atoms with Crippen LogP contribution in [0.3, 0.4) is 0 Å². The lowest BCUT2D eigenvalue weighted by molar-refractivity contribution is -0.384. The van der Waals surface area contributed by atoms with Gasteiger partial charge in [0, 0.05) is 12.1 Å². The maximum absolute atomic E-state index is 10.6. The summed E-state index contributed by atoms with van der Waals surface area (Å²) in [5, 5.41) is 10.6. The molecule has 0 saturated carbocycles. The van der Waals surface area contributed by atoms with E-state index in [0.29, 0.717) is 13.2 Å². The molecule has 0 heterocycles. The maximum atomic E-state index is 10.6. The summed E-state index contributed by atoms with van der Waals surface area (Å²) in [6.07, 6.45) is 0.760. The largest absolute Gasteiger partial charge is 0.489 e. The lowest BCUT2D eigenvalue weighted by Gasteiger charge is -2.10. The lowest BCUT2D eigenvalue weighted by atomic mass is 10.1. The molecule has 5 nitrogen and oxygen atoms in total. The van der Waals surface area contributed by atoms with Gasteiger partial charge >= 0.3 is 0 Å². The molecule has 0 unspecified atom stereocenters. The van der Waals surface area contributed by atoms with Crippen molar-refractivity contribution >= 4 is 5.69 Å². The van der Waals surface area contributed by atoms with Gasteiger partial charge in [-0.1, -0.05) is 18.2 Å². The Labute approximate surface area is 117 Å². The van der Waals surface area contributed by atoms with Crippen molar-refractivity contribution < 1.29 is 9.66 Å². The molecule has 0 spiro atoms. The first-order chi connectivity index (χ1) is 9.70. The molecule has 0 amide bonds. The van der Waals surface area contributed by atoms with E-state index in [0.717, 1.165) is 23.3 Å². The quantitative estimate of drug-likeness (QED) is 0.647. The second kappa shape index (κ2) is 6.68. The number of ether oxygens (including phenoxy) is 1. The number of nitrogens with zero attached hydrogens (tertiary/aromatic N) is 1. The van der Waals surface area contributed by atoms with Gasteiger partial charge in [-0.05, 0) is 42.3 Å². The van der Waals surface area contributed by atoms with Crippen molar-refractivity contribution in [2.24, 2.45) is 5.73 Å². The van der Waals surface area contributed by atoms with Crippen LogP contribution in [-0.4, -0.2) is 11.5 Å². The van der Waals surface area contributed by atoms with E-state index >= 15 is 0 Å². The monoisotopic (exact) mass is 272 g/mol. The highest BCUT2D eigenvalue weighted by Gasteiger charge is 2.05. The highest BCUT2D eigenvalue weighted by atomic mass is 16.6. The van der Waals surface area contributed by atoms with Crippen molar-refractivity contribution in [1.82, 2.24) is 0 Å². The van der Waals surface area contributed by atoms with Crippen LogP contribution >= 0.6 is 0 Å². The average molecular weight is 272 g/mol. The highest BCUT2D eigenvalue weighted by Crippen LogP contribution is 2.20. The van der Waals surface area contributed by atoms with Crippen molar-refractivity contribution in [2.45, 2.75) is 13.0 Å². The summed E-state index contributed by atoms with van der Waals surface area (Å²) in [5.41, 5.74) is 7.60. The van der Waals surface area contributed by atoms with E-state index in [1.807, 2.05) is 24.3 Å². The standard InChI is InChI=1S/C15H16N2O3/c16-10-9-13-3-1-2-4-15(13)20-11-12-5-7-14(8-6-12)17(18)19/h1-8H,9-11,16H2. The molecule has 2 N–H and O–H groups in total. The Balaban J connectivity index is 2.03. The van der Waals surface area contributed by atoms with Gasteiger partial charge in [-0.25, -0.2) is 0 Å². The predicted octanol–water partition coefficient (Wildman–Crippen LogP) is 2.68. The number of non-ortho nitro benzene ring substituents is 1. The van der Waals surface area contributed by atoms with Crippen molar-refractivity contribution in [3.05, 3.63) is 69.8 Å². The number of para-hydroxylation sites is 1. The summed E-state index contributed by atoms with van der Waals surface area (Å²) in [6.45, 7) is 0.942. The van der Waals surface area contributed by atoms with Crippen molar-refractivity contribution in [3.63, 3.8) is 0 Å². The molecule has 0 aliphatic heterocycles. The fraction of sp³-hybridized carbons (Fsp3) is 0.200. The third-order valence-electron chi connectivity index (χ3n) is 2.93. The molecule has 0 atom stereocenters. The molecular formula is C15H16N2O3. The number of hydrogen-bond donors (Lipinski definition) is 1. The Bertz CT molecular complexity index is 582. The number of hydrogen-bond acceptors (Lipinski definition) is 4. The van der Waals surface area contributed by atoms with Gasteiger partial charge in [0.25, 0.3) is 5.69 Å². The third-order valence-corrected chi connectivity index (χ3v) is 2.93. The molecule has 2 aromatic rings. The van der Waals surface area contributed by atoms with Crippen LogP contribution in [0.2, 0.25) is 0 Å². The third kappa shape index (κ3) is 3.55. The van der Waals surface area contributed by atoms with Crippen LogP contribution < -0.4 is 10.5 Å². The van der Waals surface area contributed by atoms with Gasteiger partial charge in [-0.3, -0.25) is 10.1 Å². The first-order valence-electron chi connectivity index (χ1n) is 6.35. The fourth-order valence-electron chi connectivity index (χ4n) is 1.88. The normalized spacial score (nSPS) is 10.2. The Morgan fingerprint density at radius 2 is 1.80 bits per heavy atom. The van der Waals surface area contributed by atoms with Gasteiger partial charge in [-0.15, -0.1) is 0 Å². The van der Waals surface area contributed by atoms with Gasteiger partial charge in [0.2, 0.25) is 0 Å².